The maximum Gasteiger partial charge on any atom is 0.481 e. The number of esters is 2. The van der Waals surface area contributed by atoms with Crippen molar-refractivity contribution in [2.24, 2.45) is 0 Å². The molecule has 2 rings (SSSR count). The summed E-state index contributed by atoms with van der Waals surface area (Å²) in [6.45, 7) is 1.73. The van der Waals surface area contributed by atoms with E-state index in [1.54, 1.807) is 42.5 Å². The number of nitrogens with zero attached hydrogens (tertiary/aromatic N) is 2. The fourth-order valence-electron chi connectivity index (χ4n) is 6.87. The third kappa shape index (κ3) is 31.5. The first-order valence-electron chi connectivity index (χ1n) is 25.5. The van der Waals surface area contributed by atoms with E-state index >= 15 is 0 Å². The molecule has 0 aromatic carbocycles. The fraction of sp³-hybridized carbons (Fsp3) is 0.577. The number of rotatable bonds is 40. The standard InChI is InChI=1S/C52H81N3O17P2/c1-3-5-7-8-9-10-11-12-13-14-15-16-20-23-29-36-48(59)70-44(39-67-47(58)35-30-24-28-34-43(57)33-27-22-19-17-18-21-26-32-42(56)31-25-6-4-2)40-68-73(63,64)72-74(65,66)69-41-45-49(60)50(61)51(71-45)55-38-37-46(53)54-52(55)62/h6,10-13,18-19,21-22,25-28,32-34,37-38,42-45,49-51,56-57,60-61H,3-5,7-9,14-17,20,23-24,29-31,35-36,39-41H2,1-2H3,(H,63,64)(H,65,66)(H2,53,54,62)/b11-10-,13-12-,21-18-,22-19-,25-6-,32-26+,33-27+,34-28-/t42-,43-,44-,45-,49-,50-,51-/m1/s1. The smallest absolute Gasteiger partial charge is 0.462 e. The van der Waals surface area contributed by atoms with Gasteiger partial charge in [0.25, 0.3) is 0 Å². The normalized spacial score (nSPS) is 20.5. The molecule has 74 heavy (non-hydrogen) atoms. The molecule has 1 fully saturated rings. The van der Waals surface area contributed by atoms with Gasteiger partial charge in [-0.05, 0) is 70.3 Å². The van der Waals surface area contributed by atoms with Gasteiger partial charge in [-0.15, -0.1) is 0 Å². The second-order valence-electron chi connectivity index (χ2n) is 17.4. The molecule has 8 N–H and O–H groups in total. The number of aliphatic hydroxyl groups excluding tert-OH is 4. The Bertz CT molecular complexity index is 2160. The number of carbonyl (C=O) groups excluding carboxylic acids is 2. The van der Waals surface area contributed by atoms with Crippen LogP contribution in [-0.2, 0) is 46.3 Å². The van der Waals surface area contributed by atoms with Gasteiger partial charge in [-0.3, -0.25) is 23.2 Å². The average molecular weight is 1080 g/mol. The Hall–Kier alpha value is -4.40. The zero-order valence-electron chi connectivity index (χ0n) is 42.8. The van der Waals surface area contributed by atoms with Gasteiger partial charge < -0.3 is 50.2 Å². The Balaban J connectivity index is 1.87. The quantitative estimate of drug-likeness (QED) is 0.0107. The van der Waals surface area contributed by atoms with Crippen LogP contribution in [0.5, 0.6) is 0 Å². The van der Waals surface area contributed by atoms with Gasteiger partial charge >= 0.3 is 33.3 Å². The maximum absolute atomic E-state index is 12.9. The minimum absolute atomic E-state index is 0.0163. The van der Waals surface area contributed by atoms with Gasteiger partial charge in [0.1, 0.15) is 30.7 Å². The largest absolute Gasteiger partial charge is 0.481 e. The van der Waals surface area contributed by atoms with Crippen LogP contribution in [0.15, 0.2) is 114 Å². The van der Waals surface area contributed by atoms with Gasteiger partial charge in [0, 0.05) is 19.0 Å². The third-order valence-corrected chi connectivity index (χ3v) is 13.5. The second kappa shape index (κ2) is 39.0. The van der Waals surface area contributed by atoms with Gasteiger partial charge in [0.2, 0.25) is 0 Å². The zero-order chi connectivity index (χ0) is 54.5. The van der Waals surface area contributed by atoms with Crippen LogP contribution in [0.25, 0.3) is 0 Å². The second-order valence-corrected chi connectivity index (χ2v) is 20.4. The number of aromatic nitrogens is 2. The van der Waals surface area contributed by atoms with Crippen LogP contribution >= 0.6 is 15.6 Å². The molecule has 0 radical (unpaired) electrons. The first kappa shape index (κ1) is 65.7. The van der Waals surface area contributed by atoms with Crippen molar-refractivity contribution in [1.82, 2.24) is 9.55 Å². The highest BCUT2D eigenvalue weighted by molar-refractivity contribution is 7.61. The van der Waals surface area contributed by atoms with Crippen molar-refractivity contribution in [1.29, 1.82) is 0 Å². The van der Waals surface area contributed by atoms with Crippen LogP contribution in [0.2, 0.25) is 0 Å². The Morgan fingerprint density at radius 1 is 0.743 bits per heavy atom. The molecule has 22 heteroatoms. The number of phosphoric acid groups is 2. The predicted molar refractivity (Wildman–Crippen MR) is 282 cm³/mol. The van der Waals surface area contributed by atoms with Gasteiger partial charge in [-0.1, -0.05) is 150 Å². The average Bonchev–Trinajstić information content (AvgIpc) is 3.63. The molecule has 1 aliphatic rings. The number of aliphatic hydroxyl groups is 4. The molecule has 416 valence electrons. The summed E-state index contributed by atoms with van der Waals surface area (Å²) in [5.41, 5.74) is 4.56. The number of unbranched alkanes of at least 4 members (excludes halogenated alkanes) is 10. The van der Waals surface area contributed by atoms with Gasteiger partial charge in [-0.25, -0.2) is 13.9 Å². The molecule has 0 spiro atoms. The fourth-order valence-corrected chi connectivity index (χ4v) is 8.98. The van der Waals surface area contributed by atoms with Gasteiger partial charge in [0.15, 0.2) is 12.3 Å². The molecular weight excluding hydrogens is 1000 g/mol. The van der Waals surface area contributed by atoms with E-state index in [0.717, 1.165) is 55.7 Å². The van der Waals surface area contributed by atoms with Crippen LogP contribution in [0.3, 0.4) is 0 Å². The lowest BCUT2D eigenvalue weighted by atomic mass is 10.1. The Kier molecular flexibility index (Phi) is 34.7. The highest BCUT2D eigenvalue weighted by Crippen LogP contribution is 2.60. The van der Waals surface area contributed by atoms with Crippen molar-refractivity contribution in [3.63, 3.8) is 0 Å². The number of allylic oxidation sites excluding steroid dienone is 12. The summed E-state index contributed by atoms with van der Waals surface area (Å²) in [4.78, 5) is 61.9. The summed E-state index contributed by atoms with van der Waals surface area (Å²) in [5.74, 6) is -1.52. The minimum Gasteiger partial charge on any atom is -0.462 e. The van der Waals surface area contributed by atoms with Crippen LogP contribution in [0.4, 0.5) is 5.82 Å². The molecule has 1 aromatic rings. The lowest BCUT2D eigenvalue weighted by Gasteiger charge is -2.21. The molecule has 0 aliphatic carbocycles. The Morgan fingerprint density at radius 2 is 1.36 bits per heavy atom. The van der Waals surface area contributed by atoms with Crippen molar-refractivity contribution >= 4 is 33.4 Å². The molecule has 1 aromatic heterocycles. The number of hydrogen-bond acceptors (Lipinski definition) is 17. The number of hydrogen-bond donors (Lipinski definition) is 7. The monoisotopic (exact) mass is 1080 g/mol. The first-order valence-corrected chi connectivity index (χ1v) is 28.5. The highest BCUT2D eigenvalue weighted by atomic mass is 31.3. The van der Waals surface area contributed by atoms with Crippen LogP contribution in [-0.4, -0.2) is 108 Å². The molecule has 1 aliphatic heterocycles. The predicted octanol–water partition coefficient (Wildman–Crippen LogP) is 8.38. The topological polar surface area (TPSA) is 306 Å². The minimum atomic E-state index is -5.48. The molecule has 9 atom stereocenters. The lowest BCUT2D eigenvalue weighted by Crippen LogP contribution is -2.36. The van der Waals surface area contributed by atoms with E-state index in [2.05, 4.69) is 40.5 Å². The Labute approximate surface area is 435 Å². The lowest BCUT2D eigenvalue weighted by molar-refractivity contribution is -0.161. The van der Waals surface area contributed by atoms with E-state index in [9.17, 15) is 53.7 Å². The van der Waals surface area contributed by atoms with E-state index < -0.39 is 95.9 Å². The van der Waals surface area contributed by atoms with Crippen molar-refractivity contribution in [3.8, 4) is 0 Å². The van der Waals surface area contributed by atoms with Crippen LogP contribution in [0.1, 0.15) is 136 Å². The van der Waals surface area contributed by atoms with E-state index in [1.807, 2.05) is 37.3 Å². The molecule has 0 bridgehead atoms. The van der Waals surface area contributed by atoms with E-state index in [-0.39, 0.29) is 18.7 Å². The molecule has 20 nitrogen and oxygen atoms in total. The van der Waals surface area contributed by atoms with E-state index in [1.165, 1.54) is 31.7 Å². The summed E-state index contributed by atoms with van der Waals surface area (Å²) in [6.07, 6.45) is 35.6. The van der Waals surface area contributed by atoms with Crippen LogP contribution < -0.4 is 11.4 Å². The summed E-state index contributed by atoms with van der Waals surface area (Å²) in [5, 5.41) is 41.0. The number of carbonyl (C=O) groups is 2. The van der Waals surface area contributed by atoms with Gasteiger partial charge in [-0.2, -0.15) is 9.29 Å². The van der Waals surface area contributed by atoms with Crippen molar-refractivity contribution in [3.05, 3.63) is 120 Å². The summed E-state index contributed by atoms with van der Waals surface area (Å²) >= 11 is 0. The highest BCUT2D eigenvalue weighted by Gasteiger charge is 2.46. The summed E-state index contributed by atoms with van der Waals surface area (Å²) in [6, 6.07) is 1.23. The first-order chi connectivity index (χ1) is 35.5. The maximum atomic E-state index is 12.9. The van der Waals surface area contributed by atoms with Crippen molar-refractivity contribution in [2.45, 2.75) is 172 Å². The number of nitrogens with two attached hydrogens (primary N) is 1. The zero-order valence-corrected chi connectivity index (χ0v) is 44.6. The molecule has 1 saturated heterocycles. The number of ether oxygens (including phenoxy) is 3. The van der Waals surface area contributed by atoms with E-state index in [4.69, 9.17) is 29.0 Å². The third-order valence-electron chi connectivity index (χ3n) is 10.9. The summed E-state index contributed by atoms with van der Waals surface area (Å²) < 4.78 is 56.6. The van der Waals surface area contributed by atoms with E-state index in [0.29, 0.717) is 32.1 Å². The number of anilines is 1. The molecular formula is C52H81N3O17P2. The molecule has 0 amide bonds. The molecule has 2 unspecified atom stereocenters. The molecule has 2 heterocycles. The number of phosphoric ester groups is 2. The van der Waals surface area contributed by atoms with Crippen molar-refractivity contribution < 1.29 is 76.5 Å². The van der Waals surface area contributed by atoms with Crippen molar-refractivity contribution in [2.75, 3.05) is 25.6 Å². The SMILES string of the molecule is CC/C=C\C[C@@H](O)/C=C/C=C\C/C=C\C=C\[C@@H](O)/C=C\CCCC(=O)OC[C@H](COP(=O)(O)OP(=O)(O)OC[C@H]1O[C@@H](n2ccc(N)nc2=O)[C@H](O)[C@@H]1O)OC(=O)CCCCCCC/C=C\C=C/CCCCCC. The van der Waals surface area contributed by atoms with Crippen LogP contribution in [0, 0.1) is 0 Å². The number of nitrogen functional groups attached to an aromatic ring is 1. The Morgan fingerprint density at radius 3 is 2.05 bits per heavy atom. The summed E-state index contributed by atoms with van der Waals surface area (Å²) in [7, 11) is -10.9. The van der Waals surface area contributed by atoms with Gasteiger partial charge in [0.05, 0.1) is 25.4 Å². The molecule has 0 saturated carbocycles.